The summed E-state index contributed by atoms with van der Waals surface area (Å²) in [5, 5.41) is 13.9. The molecule has 0 amide bonds. The minimum absolute atomic E-state index is 0.0413. The zero-order valence-corrected chi connectivity index (χ0v) is 12.8. The van der Waals surface area contributed by atoms with Gasteiger partial charge in [-0.05, 0) is 32.9 Å². The largest absolute Gasteiger partial charge is 0.368 e. The van der Waals surface area contributed by atoms with Crippen molar-refractivity contribution in [2.24, 2.45) is 5.73 Å². The molecule has 3 N–H and O–H groups in total. The lowest BCUT2D eigenvalue weighted by Crippen LogP contribution is -2.39. The maximum atomic E-state index is 10.7. The average Bonchev–Trinajstić information content (AvgIpc) is 2.44. The van der Waals surface area contributed by atoms with Gasteiger partial charge in [0.05, 0.1) is 4.92 Å². The van der Waals surface area contributed by atoms with Crippen molar-refractivity contribution in [3.8, 4) is 11.4 Å². The Morgan fingerprint density at radius 1 is 1.27 bits per heavy atom. The standard InChI is InChI=1S/C15H19N5O2/c1-10-8-13(17-9-15(2,3)16)19-14(18-10)11-4-6-12(7-5-11)20(21)22/h4-8H,9,16H2,1-3H3,(H,17,18,19). The number of non-ortho nitro benzene ring substituents is 1. The maximum absolute atomic E-state index is 10.7. The van der Waals surface area contributed by atoms with Crippen molar-refractivity contribution in [1.82, 2.24) is 9.97 Å². The van der Waals surface area contributed by atoms with Crippen molar-refractivity contribution in [2.75, 3.05) is 11.9 Å². The first-order chi connectivity index (χ1) is 10.2. The maximum Gasteiger partial charge on any atom is 0.269 e. The van der Waals surface area contributed by atoms with E-state index >= 15 is 0 Å². The molecule has 0 atom stereocenters. The number of aryl methyl sites for hydroxylation is 1. The number of anilines is 1. The van der Waals surface area contributed by atoms with Crippen molar-refractivity contribution in [3.63, 3.8) is 0 Å². The zero-order chi connectivity index (χ0) is 16.3. The number of nitro groups is 1. The third-order valence-electron chi connectivity index (χ3n) is 2.92. The van der Waals surface area contributed by atoms with Gasteiger partial charge in [-0.15, -0.1) is 0 Å². The molecule has 7 nitrogen and oxygen atoms in total. The molecule has 0 bridgehead atoms. The smallest absolute Gasteiger partial charge is 0.269 e. The first kappa shape index (κ1) is 15.8. The van der Waals surface area contributed by atoms with E-state index in [2.05, 4.69) is 15.3 Å². The summed E-state index contributed by atoms with van der Waals surface area (Å²) in [6.45, 7) is 6.29. The lowest BCUT2D eigenvalue weighted by atomic mass is 10.1. The number of nitro benzene ring substituents is 1. The van der Waals surface area contributed by atoms with Crippen molar-refractivity contribution < 1.29 is 4.92 Å². The molecule has 0 aliphatic heterocycles. The van der Waals surface area contributed by atoms with Gasteiger partial charge in [0, 0.05) is 41.5 Å². The van der Waals surface area contributed by atoms with Gasteiger partial charge < -0.3 is 11.1 Å². The monoisotopic (exact) mass is 301 g/mol. The van der Waals surface area contributed by atoms with Gasteiger partial charge in [-0.25, -0.2) is 9.97 Å². The van der Waals surface area contributed by atoms with Crippen LogP contribution < -0.4 is 11.1 Å². The molecule has 0 saturated heterocycles. The van der Waals surface area contributed by atoms with E-state index in [4.69, 9.17) is 5.73 Å². The number of nitrogens with two attached hydrogens (primary N) is 1. The topological polar surface area (TPSA) is 107 Å². The second-order valence-electron chi connectivity index (χ2n) is 5.86. The van der Waals surface area contributed by atoms with E-state index in [1.807, 2.05) is 26.8 Å². The molecule has 7 heteroatoms. The van der Waals surface area contributed by atoms with Gasteiger partial charge in [0.15, 0.2) is 5.82 Å². The van der Waals surface area contributed by atoms with E-state index in [0.29, 0.717) is 18.2 Å². The normalized spacial score (nSPS) is 11.3. The number of hydrogen-bond acceptors (Lipinski definition) is 6. The highest BCUT2D eigenvalue weighted by Gasteiger charge is 2.12. The number of hydrogen-bond donors (Lipinski definition) is 2. The summed E-state index contributed by atoms with van der Waals surface area (Å²) in [5.41, 5.74) is 7.16. The van der Waals surface area contributed by atoms with Crippen LogP contribution >= 0.6 is 0 Å². The molecule has 2 aromatic rings. The Morgan fingerprint density at radius 3 is 2.45 bits per heavy atom. The van der Waals surface area contributed by atoms with E-state index < -0.39 is 4.92 Å². The molecule has 22 heavy (non-hydrogen) atoms. The van der Waals surface area contributed by atoms with Crippen LogP contribution in [0.3, 0.4) is 0 Å². The van der Waals surface area contributed by atoms with E-state index in [0.717, 1.165) is 11.3 Å². The Kier molecular flexibility index (Phi) is 4.37. The fourth-order valence-electron chi connectivity index (χ4n) is 1.84. The Hall–Kier alpha value is -2.54. The lowest BCUT2D eigenvalue weighted by Gasteiger charge is -2.19. The van der Waals surface area contributed by atoms with Crippen LogP contribution in [0.4, 0.5) is 11.5 Å². The second-order valence-corrected chi connectivity index (χ2v) is 5.86. The SMILES string of the molecule is Cc1cc(NCC(C)(C)N)nc(-c2ccc([N+](=O)[O-])cc2)n1. The van der Waals surface area contributed by atoms with Crippen LogP contribution in [0.15, 0.2) is 30.3 Å². The molecule has 2 rings (SSSR count). The van der Waals surface area contributed by atoms with Crippen LogP contribution in [-0.4, -0.2) is 27.0 Å². The summed E-state index contributed by atoms with van der Waals surface area (Å²) in [4.78, 5) is 19.1. The molecule has 0 saturated carbocycles. The highest BCUT2D eigenvalue weighted by Crippen LogP contribution is 2.21. The fourth-order valence-corrected chi connectivity index (χ4v) is 1.84. The average molecular weight is 301 g/mol. The Labute approximate surface area is 128 Å². The first-order valence-corrected chi connectivity index (χ1v) is 6.88. The van der Waals surface area contributed by atoms with Crippen LogP contribution in [0.2, 0.25) is 0 Å². The minimum Gasteiger partial charge on any atom is -0.368 e. The summed E-state index contributed by atoms with van der Waals surface area (Å²) < 4.78 is 0. The quantitative estimate of drug-likeness (QED) is 0.649. The van der Waals surface area contributed by atoms with E-state index in [-0.39, 0.29) is 11.2 Å². The predicted octanol–water partition coefficient (Wildman–Crippen LogP) is 2.51. The molecular formula is C15H19N5O2. The summed E-state index contributed by atoms with van der Waals surface area (Å²) in [6.07, 6.45) is 0. The third-order valence-corrected chi connectivity index (χ3v) is 2.92. The zero-order valence-electron chi connectivity index (χ0n) is 12.8. The van der Waals surface area contributed by atoms with Gasteiger partial charge in [0.25, 0.3) is 5.69 Å². The summed E-state index contributed by atoms with van der Waals surface area (Å²) in [6, 6.07) is 8.00. The molecular weight excluding hydrogens is 282 g/mol. The second kappa shape index (κ2) is 6.07. The fraction of sp³-hybridized carbons (Fsp3) is 0.333. The number of rotatable bonds is 5. The van der Waals surface area contributed by atoms with Crippen LogP contribution in [0.5, 0.6) is 0 Å². The highest BCUT2D eigenvalue weighted by atomic mass is 16.6. The molecule has 1 heterocycles. The molecule has 0 unspecified atom stereocenters. The minimum atomic E-state index is -0.433. The molecule has 0 aliphatic rings. The van der Waals surface area contributed by atoms with E-state index in [9.17, 15) is 10.1 Å². The lowest BCUT2D eigenvalue weighted by molar-refractivity contribution is -0.384. The number of nitrogens with one attached hydrogen (secondary N) is 1. The summed E-state index contributed by atoms with van der Waals surface area (Å²) >= 11 is 0. The highest BCUT2D eigenvalue weighted by molar-refractivity contribution is 5.59. The van der Waals surface area contributed by atoms with Crippen LogP contribution in [0.25, 0.3) is 11.4 Å². The van der Waals surface area contributed by atoms with Crippen molar-refractivity contribution in [3.05, 3.63) is 46.1 Å². The molecule has 0 fully saturated rings. The van der Waals surface area contributed by atoms with Gasteiger partial charge in [-0.1, -0.05) is 0 Å². The van der Waals surface area contributed by atoms with Crippen molar-refractivity contribution in [2.45, 2.75) is 26.3 Å². The number of nitrogens with zero attached hydrogens (tertiary/aromatic N) is 3. The summed E-state index contributed by atoms with van der Waals surface area (Å²) in [7, 11) is 0. The molecule has 0 aliphatic carbocycles. The van der Waals surface area contributed by atoms with Gasteiger partial charge in [-0.2, -0.15) is 0 Å². The van der Waals surface area contributed by atoms with Crippen LogP contribution in [-0.2, 0) is 0 Å². The van der Waals surface area contributed by atoms with Crippen LogP contribution in [0, 0.1) is 17.0 Å². The summed E-state index contributed by atoms with van der Waals surface area (Å²) in [5.74, 6) is 1.20. The molecule has 1 aromatic heterocycles. The number of aromatic nitrogens is 2. The van der Waals surface area contributed by atoms with Gasteiger partial charge in [0.2, 0.25) is 0 Å². The predicted molar refractivity (Wildman–Crippen MR) is 85.6 cm³/mol. The van der Waals surface area contributed by atoms with Crippen molar-refractivity contribution in [1.29, 1.82) is 0 Å². The van der Waals surface area contributed by atoms with Crippen LogP contribution in [0.1, 0.15) is 19.5 Å². The van der Waals surface area contributed by atoms with Gasteiger partial charge in [-0.3, -0.25) is 10.1 Å². The Bertz CT molecular complexity index is 677. The Balaban J connectivity index is 2.27. The molecule has 0 spiro atoms. The third kappa shape index (κ3) is 4.23. The molecule has 116 valence electrons. The Morgan fingerprint density at radius 2 is 1.91 bits per heavy atom. The van der Waals surface area contributed by atoms with E-state index in [1.54, 1.807) is 12.1 Å². The van der Waals surface area contributed by atoms with Crippen molar-refractivity contribution >= 4 is 11.5 Å². The molecule has 1 aromatic carbocycles. The van der Waals surface area contributed by atoms with E-state index in [1.165, 1.54) is 12.1 Å². The van der Waals surface area contributed by atoms with Gasteiger partial charge in [0.1, 0.15) is 5.82 Å². The molecule has 0 radical (unpaired) electrons. The first-order valence-electron chi connectivity index (χ1n) is 6.88. The van der Waals surface area contributed by atoms with Gasteiger partial charge >= 0.3 is 0 Å². The number of benzene rings is 1.